The molecule has 2 aliphatic rings. The smallest absolute Gasteiger partial charge is 0.227 e. The summed E-state index contributed by atoms with van der Waals surface area (Å²) in [6.45, 7) is 2.20. The van der Waals surface area contributed by atoms with E-state index in [1.165, 1.54) is 38.5 Å². The lowest BCUT2D eigenvalue weighted by Crippen LogP contribution is -2.43. The van der Waals surface area contributed by atoms with Crippen molar-refractivity contribution in [2.75, 3.05) is 13.1 Å². The van der Waals surface area contributed by atoms with Crippen molar-refractivity contribution in [1.82, 2.24) is 15.5 Å². The summed E-state index contributed by atoms with van der Waals surface area (Å²) in [4.78, 5) is 4.59. The number of hydrogen-bond donors (Lipinski definition) is 1. The zero-order valence-electron chi connectivity index (χ0n) is 10.3. The minimum atomic E-state index is 0.550. The van der Waals surface area contributed by atoms with Crippen LogP contribution in [0.4, 0.5) is 0 Å². The average Bonchev–Trinajstić information content (AvgIpc) is 2.57. The second-order valence-corrected chi connectivity index (χ2v) is 5.46. The Balaban J connectivity index is 1.61. The molecule has 1 aromatic heterocycles. The molecule has 1 N–H and O–H groups in total. The fourth-order valence-electron chi connectivity index (χ4n) is 2.79. The maximum Gasteiger partial charge on any atom is 0.227 e. The molecule has 1 saturated carbocycles. The van der Waals surface area contributed by atoms with E-state index in [4.69, 9.17) is 4.52 Å². The van der Waals surface area contributed by atoms with Crippen LogP contribution in [0.5, 0.6) is 0 Å². The van der Waals surface area contributed by atoms with Crippen LogP contribution < -0.4 is 5.32 Å². The van der Waals surface area contributed by atoms with Gasteiger partial charge in [0, 0.05) is 12.3 Å². The number of aromatic nitrogens is 2. The Bertz CT molecular complexity index is 351. The van der Waals surface area contributed by atoms with Crippen LogP contribution in [0, 0.1) is 5.92 Å². The first-order chi connectivity index (χ1) is 8.42. The Morgan fingerprint density at radius 3 is 2.53 bits per heavy atom. The van der Waals surface area contributed by atoms with Gasteiger partial charge in [-0.15, -0.1) is 0 Å². The van der Waals surface area contributed by atoms with Crippen molar-refractivity contribution in [2.24, 2.45) is 5.92 Å². The molecule has 1 aromatic rings. The summed E-state index contributed by atoms with van der Waals surface area (Å²) in [6.07, 6.45) is 8.81. The number of nitrogens with zero attached hydrogens (tertiary/aromatic N) is 2. The van der Waals surface area contributed by atoms with Gasteiger partial charge in [-0.2, -0.15) is 4.98 Å². The molecule has 4 nitrogen and oxygen atoms in total. The zero-order chi connectivity index (χ0) is 11.5. The van der Waals surface area contributed by atoms with Gasteiger partial charge >= 0.3 is 0 Å². The third-order valence-corrected chi connectivity index (χ3v) is 4.03. The van der Waals surface area contributed by atoms with Gasteiger partial charge in [-0.3, -0.25) is 0 Å². The summed E-state index contributed by atoms with van der Waals surface area (Å²) in [5.41, 5.74) is 0. The largest absolute Gasteiger partial charge is 0.339 e. The lowest BCUT2D eigenvalue weighted by atomic mass is 9.99. The Labute approximate surface area is 102 Å². The Hall–Kier alpha value is -0.900. The molecule has 0 aromatic carbocycles. The highest BCUT2D eigenvalue weighted by Crippen LogP contribution is 2.30. The molecule has 0 amide bonds. The number of nitrogens with one attached hydrogen (secondary N) is 1. The van der Waals surface area contributed by atoms with Gasteiger partial charge in [-0.05, 0) is 31.8 Å². The van der Waals surface area contributed by atoms with E-state index in [0.717, 1.165) is 31.2 Å². The predicted octanol–water partition coefficient (Wildman–Crippen LogP) is 2.27. The van der Waals surface area contributed by atoms with Gasteiger partial charge in [0.05, 0.1) is 0 Å². The maximum absolute atomic E-state index is 5.38. The molecule has 4 heteroatoms. The lowest BCUT2D eigenvalue weighted by Gasteiger charge is -2.25. The topological polar surface area (TPSA) is 51.0 Å². The molecule has 1 saturated heterocycles. The quantitative estimate of drug-likeness (QED) is 0.817. The van der Waals surface area contributed by atoms with Crippen molar-refractivity contribution in [3.8, 4) is 0 Å². The van der Waals surface area contributed by atoms with E-state index in [1.54, 1.807) is 0 Å². The third-order valence-electron chi connectivity index (χ3n) is 4.03. The molecule has 0 atom stereocenters. The highest BCUT2D eigenvalue weighted by molar-refractivity contribution is 4.97. The Morgan fingerprint density at radius 1 is 1.12 bits per heavy atom. The number of hydrogen-bond acceptors (Lipinski definition) is 4. The fraction of sp³-hybridized carbons (Fsp3) is 0.846. The van der Waals surface area contributed by atoms with E-state index in [2.05, 4.69) is 15.5 Å². The van der Waals surface area contributed by atoms with Crippen LogP contribution in [0.2, 0.25) is 0 Å². The van der Waals surface area contributed by atoms with E-state index < -0.39 is 0 Å². The molecule has 94 valence electrons. The minimum Gasteiger partial charge on any atom is -0.339 e. The van der Waals surface area contributed by atoms with Crippen LogP contribution in [-0.4, -0.2) is 23.2 Å². The monoisotopic (exact) mass is 235 g/mol. The highest BCUT2D eigenvalue weighted by atomic mass is 16.5. The van der Waals surface area contributed by atoms with Gasteiger partial charge in [0.2, 0.25) is 5.89 Å². The second kappa shape index (κ2) is 5.17. The standard InChI is InChI=1S/C13H21N3O/c1-2-4-6-11(5-3-1)13-15-12(17-16-13)7-10-8-14-9-10/h10-11,14H,1-9H2. The maximum atomic E-state index is 5.38. The van der Waals surface area contributed by atoms with Crippen LogP contribution in [0.25, 0.3) is 0 Å². The first kappa shape index (κ1) is 11.2. The highest BCUT2D eigenvalue weighted by Gasteiger charge is 2.23. The van der Waals surface area contributed by atoms with Crippen molar-refractivity contribution in [3.63, 3.8) is 0 Å². The molecular weight excluding hydrogens is 214 g/mol. The molecule has 0 radical (unpaired) electrons. The van der Waals surface area contributed by atoms with Crippen molar-refractivity contribution >= 4 is 0 Å². The lowest BCUT2D eigenvalue weighted by molar-refractivity contribution is 0.294. The van der Waals surface area contributed by atoms with E-state index in [-0.39, 0.29) is 0 Å². The van der Waals surface area contributed by atoms with Crippen molar-refractivity contribution in [2.45, 2.75) is 50.9 Å². The Morgan fingerprint density at radius 2 is 1.88 bits per heavy atom. The van der Waals surface area contributed by atoms with Crippen molar-refractivity contribution in [1.29, 1.82) is 0 Å². The summed E-state index contributed by atoms with van der Waals surface area (Å²) in [6, 6.07) is 0. The van der Waals surface area contributed by atoms with Crippen LogP contribution in [-0.2, 0) is 6.42 Å². The summed E-state index contributed by atoms with van der Waals surface area (Å²) >= 11 is 0. The van der Waals surface area contributed by atoms with Gasteiger partial charge < -0.3 is 9.84 Å². The molecule has 0 spiro atoms. The summed E-state index contributed by atoms with van der Waals surface area (Å²) in [7, 11) is 0. The van der Waals surface area contributed by atoms with Gasteiger partial charge in [0.1, 0.15) is 0 Å². The van der Waals surface area contributed by atoms with Crippen molar-refractivity contribution < 1.29 is 4.52 Å². The zero-order valence-corrected chi connectivity index (χ0v) is 10.3. The van der Waals surface area contributed by atoms with Gasteiger partial charge in [0.15, 0.2) is 5.82 Å². The van der Waals surface area contributed by atoms with E-state index in [0.29, 0.717) is 11.8 Å². The molecule has 2 fully saturated rings. The summed E-state index contributed by atoms with van der Waals surface area (Å²) in [5, 5.41) is 7.46. The second-order valence-electron chi connectivity index (χ2n) is 5.46. The van der Waals surface area contributed by atoms with Gasteiger partial charge in [-0.1, -0.05) is 30.8 Å². The third kappa shape index (κ3) is 2.68. The molecule has 3 rings (SSSR count). The molecule has 2 heterocycles. The van der Waals surface area contributed by atoms with Crippen LogP contribution in [0.15, 0.2) is 4.52 Å². The molecule has 0 bridgehead atoms. The molecule has 17 heavy (non-hydrogen) atoms. The van der Waals surface area contributed by atoms with Crippen LogP contribution >= 0.6 is 0 Å². The van der Waals surface area contributed by atoms with E-state index >= 15 is 0 Å². The minimum absolute atomic E-state index is 0.550. The molecule has 1 aliphatic carbocycles. The first-order valence-corrected chi connectivity index (χ1v) is 6.95. The van der Waals surface area contributed by atoms with Crippen LogP contribution in [0.1, 0.15) is 56.2 Å². The molecule has 0 unspecified atom stereocenters. The normalized spacial score (nSPS) is 23.3. The molecule has 1 aliphatic heterocycles. The average molecular weight is 235 g/mol. The SMILES string of the molecule is C1CCCC(c2noc(CC3CNC3)n2)CC1. The summed E-state index contributed by atoms with van der Waals surface area (Å²) in [5.74, 6) is 3.07. The first-order valence-electron chi connectivity index (χ1n) is 6.95. The molecular formula is C13H21N3O. The number of rotatable bonds is 3. The predicted molar refractivity (Wildman–Crippen MR) is 64.8 cm³/mol. The van der Waals surface area contributed by atoms with Gasteiger partial charge in [0.25, 0.3) is 0 Å². The summed E-state index contributed by atoms with van der Waals surface area (Å²) < 4.78 is 5.38. The van der Waals surface area contributed by atoms with Gasteiger partial charge in [-0.25, -0.2) is 0 Å². The Kier molecular flexibility index (Phi) is 3.41. The van der Waals surface area contributed by atoms with E-state index in [1.807, 2.05) is 0 Å². The van der Waals surface area contributed by atoms with E-state index in [9.17, 15) is 0 Å². The van der Waals surface area contributed by atoms with Crippen LogP contribution in [0.3, 0.4) is 0 Å². The fourth-order valence-corrected chi connectivity index (χ4v) is 2.79. The van der Waals surface area contributed by atoms with Crippen molar-refractivity contribution in [3.05, 3.63) is 11.7 Å².